The predicted octanol–water partition coefficient (Wildman–Crippen LogP) is 2.98. The summed E-state index contributed by atoms with van der Waals surface area (Å²) in [6, 6.07) is 8.94. The number of pyridine rings is 2. The van der Waals surface area contributed by atoms with Gasteiger partial charge in [-0.05, 0) is 50.6 Å². The van der Waals surface area contributed by atoms with Crippen LogP contribution in [-0.4, -0.2) is 16.0 Å². The maximum Gasteiger partial charge on any atom is 0.320 e. The summed E-state index contributed by atoms with van der Waals surface area (Å²) < 4.78 is 0. The van der Waals surface area contributed by atoms with Crippen molar-refractivity contribution in [3.8, 4) is 0 Å². The van der Waals surface area contributed by atoms with Gasteiger partial charge in [0.25, 0.3) is 0 Å². The third-order valence-electron chi connectivity index (χ3n) is 2.82. The first-order chi connectivity index (χ1) is 9.54. The molecule has 20 heavy (non-hydrogen) atoms. The van der Waals surface area contributed by atoms with Crippen molar-refractivity contribution in [3.63, 3.8) is 0 Å². The van der Waals surface area contributed by atoms with Gasteiger partial charge in [0, 0.05) is 11.9 Å². The van der Waals surface area contributed by atoms with Gasteiger partial charge < -0.3 is 5.32 Å². The molecule has 0 aliphatic carbocycles. The Kier molecular flexibility index (Phi) is 4.30. The van der Waals surface area contributed by atoms with Crippen LogP contribution in [0.5, 0.6) is 0 Å². The molecule has 0 saturated heterocycles. The lowest BCUT2D eigenvalue weighted by Crippen LogP contribution is -2.31. The van der Waals surface area contributed by atoms with Crippen LogP contribution in [-0.2, 0) is 0 Å². The van der Waals surface area contributed by atoms with Gasteiger partial charge in [0.1, 0.15) is 5.82 Å². The minimum Gasteiger partial charge on any atom is -0.330 e. The van der Waals surface area contributed by atoms with Gasteiger partial charge in [-0.1, -0.05) is 6.07 Å². The highest BCUT2D eigenvalue weighted by Gasteiger charge is 2.10. The summed E-state index contributed by atoms with van der Waals surface area (Å²) in [4.78, 5) is 20.4. The van der Waals surface area contributed by atoms with E-state index in [0.29, 0.717) is 5.82 Å². The molecule has 1 atom stereocenters. The minimum absolute atomic E-state index is 0.165. The average Bonchev–Trinajstić information content (AvgIpc) is 2.38. The van der Waals surface area contributed by atoms with Crippen LogP contribution >= 0.6 is 0 Å². The van der Waals surface area contributed by atoms with Crippen molar-refractivity contribution in [2.45, 2.75) is 26.8 Å². The first-order valence-corrected chi connectivity index (χ1v) is 6.48. The Morgan fingerprint density at radius 2 is 2.05 bits per heavy atom. The molecule has 2 aromatic heterocycles. The van der Waals surface area contributed by atoms with E-state index in [-0.39, 0.29) is 12.1 Å². The lowest BCUT2D eigenvalue weighted by molar-refractivity contribution is 0.249. The third kappa shape index (κ3) is 3.78. The number of anilines is 1. The van der Waals surface area contributed by atoms with E-state index in [0.717, 1.165) is 17.0 Å². The summed E-state index contributed by atoms with van der Waals surface area (Å²) in [5.41, 5.74) is 2.75. The number of hydrogen-bond acceptors (Lipinski definition) is 3. The topological polar surface area (TPSA) is 66.9 Å². The van der Waals surface area contributed by atoms with Gasteiger partial charge >= 0.3 is 6.03 Å². The van der Waals surface area contributed by atoms with Crippen LogP contribution in [0.15, 0.2) is 36.5 Å². The predicted molar refractivity (Wildman–Crippen MR) is 78.5 cm³/mol. The number of aryl methyl sites for hydroxylation is 2. The summed E-state index contributed by atoms with van der Waals surface area (Å²) in [7, 11) is 0. The standard InChI is InChI=1S/C15H18N4O/c1-10-8-11(2)17-14(9-10)19-15(20)18-12(3)13-6-4-5-7-16-13/h4-9,12H,1-3H3,(H2,17,18,19,20)/t12-/m0/s1. The molecule has 0 aliphatic rings. The van der Waals surface area contributed by atoms with Crippen molar-refractivity contribution < 1.29 is 4.79 Å². The SMILES string of the molecule is Cc1cc(C)nc(NC(=O)N[C@@H](C)c2ccccn2)c1. The Balaban J connectivity index is 1.99. The van der Waals surface area contributed by atoms with E-state index in [2.05, 4.69) is 20.6 Å². The molecule has 0 unspecified atom stereocenters. The second kappa shape index (κ2) is 6.14. The van der Waals surface area contributed by atoms with Crippen molar-refractivity contribution in [1.29, 1.82) is 0 Å². The number of aromatic nitrogens is 2. The Hall–Kier alpha value is -2.43. The molecular weight excluding hydrogens is 252 g/mol. The molecule has 2 aromatic rings. The van der Waals surface area contributed by atoms with E-state index < -0.39 is 0 Å². The van der Waals surface area contributed by atoms with Crippen molar-refractivity contribution in [1.82, 2.24) is 15.3 Å². The molecule has 2 amide bonds. The molecule has 0 saturated carbocycles. The zero-order valence-corrected chi connectivity index (χ0v) is 11.8. The van der Waals surface area contributed by atoms with Crippen molar-refractivity contribution in [2.75, 3.05) is 5.32 Å². The Labute approximate surface area is 118 Å². The Morgan fingerprint density at radius 1 is 1.25 bits per heavy atom. The molecule has 0 aliphatic heterocycles. The Morgan fingerprint density at radius 3 is 2.70 bits per heavy atom. The fourth-order valence-electron chi connectivity index (χ4n) is 1.96. The zero-order chi connectivity index (χ0) is 14.5. The summed E-state index contributed by atoms with van der Waals surface area (Å²) >= 11 is 0. The molecule has 5 nitrogen and oxygen atoms in total. The number of nitrogens with one attached hydrogen (secondary N) is 2. The van der Waals surface area contributed by atoms with Gasteiger partial charge in [-0.25, -0.2) is 9.78 Å². The number of rotatable bonds is 3. The summed E-state index contributed by atoms with van der Waals surface area (Å²) in [6.07, 6.45) is 1.71. The lowest BCUT2D eigenvalue weighted by atomic mass is 10.2. The minimum atomic E-state index is -0.291. The average molecular weight is 270 g/mol. The number of nitrogens with zero attached hydrogens (tertiary/aromatic N) is 2. The second-order valence-electron chi connectivity index (χ2n) is 4.75. The summed E-state index contributed by atoms with van der Waals surface area (Å²) in [5, 5.41) is 5.57. The van der Waals surface area contributed by atoms with E-state index in [1.54, 1.807) is 6.20 Å². The highest BCUT2D eigenvalue weighted by atomic mass is 16.2. The second-order valence-corrected chi connectivity index (χ2v) is 4.75. The fourth-order valence-corrected chi connectivity index (χ4v) is 1.96. The molecule has 2 heterocycles. The number of carbonyl (C=O) groups excluding carboxylic acids is 1. The highest BCUT2D eigenvalue weighted by molar-refractivity contribution is 5.88. The first kappa shape index (κ1) is 14.0. The lowest BCUT2D eigenvalue weighted by Gasteiger charge is -2.14. The molecular formula is C15H18N4O. The van der Waals surface area contributed by atoms with Gasteiger partial charge in [-0.3, -0.25) is 10.3 Å². The molecule has 0 spiro atoms. The van der Waals surface area contributed by atoms with Crippen LogP contribution in [0.4, 0.5) is 10.6 Å². The highest BCUT2D eigenvalue weighted by Crippen LogP contribution is 2.11. The zero-order valence-electron chi connectivity index (χ0n) is 11.8. The van der Waals surface area contributed by atoms with E-state index in [9.17, 15) is 4.79 Å². The van der Waals surface area contributed by atoms with Gasteiger partial charge in [0.2, 0.25) is 0 Å². The van der Waals surface area contributed by atoms with E-state index >= 15 is 0 Å². The largest absolute Gasteiger partial charge is 0.330 e. The first-order valence-electron chi connectivity index (χ1n) is 6.48. The molecule has 2 rings (SSSR count). The number of hydrogen-bond donors (Lipinski definition) is 2. The van der Waals surface area contributed by atoms with Gasteiger partial charge in [-0.15, -0.1) is 0 Å². The monoisotopic (exact) mass is 270 g/mol. The molecule has 0 radical (unpaired) electrons. The van der Waals surface area contributed by atoms with Crippen LogP contribution in [0.1, 0.15) is 29.9 Å². The maximum atomic E-state index is 11.9. The van der Waals surface area contributed by atoms with Crippen LogP contribution in [0.25, 0.3) is 0 Å². The van der Waals surface area contributed by atoms with E-state index in [1.165, 1.54) is 0 Å². The molecule has 0 bridgehead atoms. The van der Waals surface area contributed by atoms with Crippen LogP contribution < -0.4 is 10.6 Å². The van der Waals surface area contributed by atoms with Crippen LogP contribution in [0.3, 0.4) is 0 Å². The van der Waals surface area contributed by atoms with Gasteiger partial charge in [0.15, 0.2) is 0 Å². The summed E-state index contributed by atoms with van der Waals surface area (Å²) in [6.45, 7) is 5.75. The van der Waals surface area contributed by atoms with E-state index in [1.807, 2.05) is 51.1 Å². The van der Waals surface area contributed by atoms with Gasteiger partial charge in [0.05, 0.1) is 11.7 Å². The van der Waals surface area contributed by atoms with Crippen molar-refractivity contribution in [3.05, 3.63) is 53.5 Å². The number of urea groups is 1. The van der Waals surface area contributed by atoms with Crippen molar-refractivity contribution in [2.24, 2.45) is 0 Å². The molecule has 5 heteroatoms. The molecule has 2 N–H and O–H groups in total. The summed E-state index contributed by atoms with van der Waals surface area (Å²) in [5.74, 6) is 0.549. The normalized spacial score (nSPS) is 11.8. The van der Waals surface area contributed by atoms with E-state index in [4.69, 9.17) is 0 Å². The molecule has 104 valence electrons. The van der Waals surface area contributed by atoms with Gasteiger partial charge in [-0.2, -0.15) is 0 Å². The third-order valence-corrected chi connectivity index (χ3v) is 2.82. The smallest absolute Gasteiger partial charge is 0.320 e. The maximum absolute atomic E-state index is 11.9. The quantitative estimate of drug-likeness (QED) is 0.901. The Bertz CT molecular complexity index is 578. The number of carbonyl (C=O) groups is 1. The molecule has 0 fully saturated rings. The van der Waals surface area contributed by atoms with Crippen LogP contribution in [0, 0.1) is 13.8 Å². The van der Waals surface area contributed by atoms with Crippen molar-refractivity contribution >= 4 is 11.8 Å². The fraction of sp³-hybridized carbons (Fsp3) is 0.267. The van der Waals surface area contributed by atoms with Crippen LogP contribution in [0.2, 0.25) is 0 Å². The number of amides is 2. The molecule has 0 aromatic carbocycles.